The number of rotatable bonds is 2. The zero-order chi connectivity index (χ0) is 9.76. The van der Waals surface area contributed by atoms with E-state index in [2.05, 4.69) is 25.2 Å². The van der Waals surface area contributed by atoms with E-state index in [4.69, 9.17) is 4.74 Å². The van der Waals surface area contributed by atoms with Crippen molar-refractivity contribution < 1.29 is 4.74 Å². The molecular weight excluding hydrogens is 174 g/mol. The number of ether oxygens (including phenoxy) is 1. The van der Waals surface area contributed by atoms with Gasteiger partial charge in [-0.15, -0.1) is 0 Å². The van der Waals surface area contributed by atoms with E-state index in [1.807, 2.05) is 0 Å². The summed E-state index contributed by atoms with van der Waals surface area (Å²) in [4.78, 5) is 0. The molecule has 1 saturated heterocycles. The average Bonchev–Trinajstić information content (AvgIpc) is 2.11. The van der Waals surface area contributed by atoms with Crippen molar-refractivity contribution in [3.63, 3.8) is 0 Å². The van der Waals surface area contributed by atoms with Crippen LogP contribution in [0.5, 0.6) is 0 Å². The summed E-state index contributed by atoms with van der Waals surface area (Å²) in [7, 11) is 0. The maximum Gasteiger partial charge on any atom is 0.123 e. The molecule has 2 fully saturated rings. The highest BCUT2D eigenvalue weighted by Gasteiger charge is 2.52. The van der Waals surface area contributed by atoms with Gasteiger partial charge in [0.05, 0.1) is 5.76 Å². The number of allylic oxidation sites excluding steroid dienone is 2. The largest absolute Gasteiger partial charge is 0.492 e. The molecular formula is C12H19NO. The maximum atomic E-state index is 6.01. The van der Waals surface area contributed by atoms with E-state index in [0.717, 1.165) is 19.0 Å². The molecule has 0 aromatic carbocycles. The summed E-state index contributed by atoms with van der Waals surface area (Å²) >= 11 is 0. The van der Waals surface area contributed by atoms with Crippen molar-refractivity contribution in [2.24, 2.45) is 17.3 Å². The molecule has 2 unspecified atom stereocenters. The number of hydrogen-bond donors (Lipinski definition) is 1. The molecule has 2 atom stereocenters. The van der Waals surface area contributed by atoms with Gasteiger partial charge in [0.15, 0.2) is 0 Å². The summed E-state index contributed by atoms with van der Waals surface area (Å²) in [5.74, 6) is 2.92. The van der Waals surface area contributed by atoms with Crippen LogP contribution in [0.25, 0.3) is 0 Å². The lowest BCUT2D eigenvalue weighted by Gasteiger charge is -2.56. The first-order chi connectivity index (χ1) is 6.68. The summed E-state index contributed by atoms with van der Waals surface area (Å²) in [5, 5.41) is 3.25. The molecule has 1 aliphatic heterocycles. The standard InChI is InChI=1S/C12H19NO/c1-12(2)8-3-4-11(10(12)5-8)14-9-6-13-7-9/h4,8-10,13H,3,5-7H2,1-2H3. The molecule has 4 aliphatic rings. The van der Waals surface area contributed by atoms with E-state index in [1.165, 1.54) is 18.6 Å². The molecule has 0 aromatic rings. The van der Waals surface area contributed by atoms with Crippen molar-refractivity contribution in [2.45, 2.75) is 32.8 Å². The lowest BCUT2D eigenvalue weighted by atomic mass is 9.50. The van der Waals surface area contributed by atoms with E-state index in [1.54, 1.807) is 0 Å². The molecule has 2 nitrogen and oxygen atoms in total. The second-order valence-corrected chi connectivity index (χ2v) is 5.55. The van der Waals surface area contributed by atoms with Gasteiger partial charge in [-0.1, -0.05) is 13.8 Å². The Morgan fingerprint density at radius 3 is 2.71 bits per heavy atom. The van der Waals surface area contributed by atoms with E-state index in [-0.39, 0.29) is 0 Å². The molecule has 1 N–H and O–H groups in total. The van der Waals surface area contributed by atoms with Gasteiger partial charge in [-0.2, -0.15) is 0 Å². The third-order valence-electron chi connectivity index (χ3n) is 4.46. The predicted molar refractivity (Wildman–Crippen MR) is 55.8 cm³/mol. The van der Waals surface area contributed by atoms with Gasteiger partial charge in [0.25, 0.3) is 0 Å². The van der Waals surface area contributed by atoms with Crippen molar-refractivity contribution in [2.75, 3.05) is 13.1 Å². The minimum absolute atomic E-state index is 0.453. The molecule has 14 heavy (non-hydrogen) atoms. The van der Waals surface area contributed by atoms with Gasteiger partial charge in [0.2, 0.25) is 0 Å². The monoisotopic (exact) mass is 193 g/mol. The first-order valence-electron chi connectivity index (χ1n) is 5.75. The Labute approximate surface area is 85.7 Å². The third-order valence-corrected chi connectivity index (χ3v) is 4.46. The van der Waals surface area contributed by atoms with Crippen molar-refractivity contribution in [1.29, 1.82) is 0 Å². The third kappa shape index (κ3) is 1.07. The maximum absolute atomic E-state index is 6.01. The second kappa shape index (κ2) is 2.75. The normalized spacial score (nSPS) is 39.4. The van der Waals surface area contributed by atoms with Crippen molar-refractivity contribution in [1.82, 2.24) is 5.32 Å². The van der Waals surface area contributed by atoms with Crippen LogP contribution in [0.2, 0.25) is 0 Å². The van der Waals surface area contributed by atoms with Crippen LogP contribution in [-0.2, 0) is 4.74 Å². The Balaban J connectivity index is 1.71. The molecule has 3 aliphatic carbocycles. The van der Waals surface area contributed by atoms with Gasteiger partial charge in [-0.25, -0.2) is 0 Å². The van der Waals surface area contributed by atoms with Crippen LogP contribution in [0.1, 0.15) is 26.7 Å². The van der Waals surface area contributed by atoms with E-state index >= 15 is 0 Å². The van der Waals surface area contributed by atoms with Crippen LogP contribution in [0.15, 0.2) is 11.8 Å². The van der Waals surface area contributed by atoms with E-state index in [9.17, 15) is 0 Å². The summed E-state index contributed by atoms with van der Waals surface area (Å²) in [6.45, 7) is 6.85. The molecule has 2 bridgehead atoms. The number of nitrogens with one attached hydrogen (secondary N) is 1. The summed E-state index contributed by atoms with van der Waals surface area (Å²) in [5.41, 5.74) is 0.501. The van der Waals surface area contributed by atoms with E-state index in [0.29, 0.717) is 17.4 Å². The fraction of sp³-hybridized carbons (Fsp3) is 0.833. The minimum Gasteiger partial charge on any atom is -0.492 e. The molecule has 78 valence electrons. The van der Waals surface area contributed by atoms with Crippen molar-refractivity contribution >= 4 is 0 Å². The average molecular weight is 193 g/mol. The molecule has 4 rings (SSSR count). The highest BCUT2D eigenvalue weighted by molar-refractivity contribution is 5.19. The smallest absolute Gasteiger partial charge is 0.123 e. The molecule has 1 saturated carbocycles. The molecule has 0 spiro atoms. The van der Waals surface area contributed by atoms with Crippen LogP contribution < -0.4 is 5.32 Å². The van der Waals surface area contributed by atoms with Gasteiger partial charge >= 0.3 is 0 Å². The highest BCUT2D eigenvalue weighted by Crippen LogP contribution is 2.59. The van der Waals surface area contributed by atoms with Gasteiger partial charge < -0.3 is 10.1 Å². The molecule has 0 aromatic heterocycles. The quantitative estimate of drug-likeness (QED) is 0.723. The topological polar surface area (TPSA) is 21.3 Å². The van der Waals surface area contributed by atoms with E-state index < -0.39 is 0 Å². The van der Waals surface area contributed by atoms with Gasteiger partial charge in [0.1, 0.15) is 6.10 Å². The van der Waals surface area contributed by atoms with Gasteiger partial charge in [0, 0.05) is 19.0 Å². The molecule has 0 amide bonds. The van der Waals surface area contributed by atoms with Crippen LogP contribution in [-0.4, -0.2) is 19.2 Å². The Morgan fingerprint density at radius 2 is 2.21 bits per heavy atom. The van der Waals surface area contributed by atoms with Crippen LogP contribution in [0.4, 0.5) is 0 Å². The zero-order valence-electron chi connectivity index (χ0n) is 9.05. The fourth-order valence-corrected chi connectivity index (χ4v) is 2.97. The SMILES string of the molecule is CC1(C)C2CC=C(OC3CNC3)C1C2. The molecule has 0 radical (unpaired) electrons. The summed E-state index contributed by atoms with van der Waals surface area (Å²) in [6.07, 6.45) is 5.38. The Morgan fingerprint density at radius 1 is 1.43 bits per heavy atom. The predicted octanol–water partition coefficient (Wildman–Crippen LogP) is 1.92. The first-order valence-corrected chi connectivity index (χ1v) is 5.75. The van der Waals surface area contributed by atoms with Gasteiger partial charge in [-0.3, -0.25) is 0 Å². The van der Waals surface area contributed by atoms with Crippen LogP contribution in [0, 0.1) is 17.3 Å². The Kier molecular flexibility index (Phi) is 1.73. The first kappa shape index (κ1) is 8.78. The lowest BCUT2D eigenvalue weighted by molar-refractivity contribution is -0.0670. The Bertz CT molecular complexity index is 278. The minimum atomic E-state index is 0.453. The second-order valence-electron chi connectivity index (χ2n) is 5.55. The Hall–Kier alpha value is -0.500. The number of fused-ring (bicyclic) bond motifs is 1. The molecule has 1 heterocycles. The van der Waals surface area contributed by atoms with Gasteiger partial charge in [-0.05, 0) is 30.3 Å². The highest BCUT2D eigenvalue weighted by atomic mass is 16.5. The fourth-order valence-electron chi connectivity index (χ4n) is 2.97. The molecule has 2 heteroatoms. The zero-order valence-corrected chi connectivity index (χ0v) is 9.05. The number of hydrogen-bond acceptors (Lipinski definition) is 2. The van der Waals surface area contributed by atoms with Crippen LogP contribution >= 0.6 is 0 Å². The lowest BCUT2D eigenvalue weighted by Crippen LogP contribution is -2.52. The van der Waals surface area contributed by atoms with Crippen molar-refractivity contribution in [3.8, 4) is 0 Å². The van der Waals surface area contributed by atoms with Crippen molar-refractivity contribution in [3.05, 3.63) is 11.8 Å². The van der Waals surface area contributed by atoms with Crippen LogP contribution in [0.3, 0.4) is 0 Å². The summed E-state index contributed by atoms with van der Waals surface area (Å²) < 4.78 is 6.01. The summed E-state index contributed by atoms with van der Waals surface area (Å²) in [6, 6.07) is 0.